The average Bonchev–Trinajstić information content (AvgIpc) is 3.01. The summed E-state index contributed by atoms with van der Waals surface area (Å²) in [5.74, 6) is -0.417. The van der Waals surface area contributed by atoms with Gasteiger partial charge in [0.05, 0.1) is 5.92 Å². The highest BCUT2D eigenvalue weighted by Gasteiger charge is 2.36. The van der Waals surface area contributed by atoms with E-state index in [2.05, 4.69) is 0 Å². The van der Waals surface area contributed by atoms with E-state index < -0.39 is 5.97 Å². The molecule has 1 N–H and O–H groups in total. The van der Waals surface area contributed by atoms with Crippen molar-refractivity contribution in [2.45, 2.75) is 45.1 Å². The number of rotatable bonds is 3. The molecule has 2 atom stereocenters. The van der Waals surface area contributed by atoms with Gasteiger partial charge in [0.2, 0.25) is 5.91 Å². The Morgan fingerprint density at radius 2 is 2.00 bits per heavy atom. The van der Waals surface area contributed by atoms with Gasteiger partial charge in [-0.2, -0.15) is 0 Å². The van der Waals surface area contributed by atoms with Gasteiger partial charge in [-0.25, -0.2) is 0 Å². The lowest BCUT2D eigenvalue weighted by Gasteiger charge is -2.37. The first-order chi connectivity index (χ1) is 7.59. The molecule has 0 unspecified atom stereocenters. The molecule has 0 aromatic rings. The quantitative estimate of drug-likeness (QED) is 0.791. The summed E-state index contributed by atoms with van der Waals surface area (Å²) in [4.78, 5) is 24.8. The van der Waals surface area contributed by atoms with Crippen LogP contribution in [0.3, 0.4) is 0 Å². The second kappa shape index (κ2) is 4.44. The molecule has 1 saturated heterocycles. The van der Waals surface area contributed by atoms with E-state index in [1.54, 1.807) is 4.90 Å². The van der Waals surface area contributed by atoms with Crippen LogP contribution in [-0.2, 0) is 9.59 Å². The van der Waals surface area contributed by atoms with Gasteiger partial charge < -0.3 is 10.0 Å². The molecule has 1 aliphatic heterocycles. The summed E-state index contributed by atoms with van der Waals surface area (Å²) in [6, 6.07) is -0.141. The Kier molecular flexibility index (Phi) is 3.17. The summed E-state index contributed by atoms with van der Waals surface area (Å²) < 4.78 is 0. The fourth-order valence-electron chi connectivity index (χ4n) is 2.51. The van der Waals surface area contributed by atoms with Crippen molar-refractivity contribution in [3.63, 3.8) is 0 Å². The Hall–Kier alpha value is -1.06. The lowest BCUT2D eigenvalue weighted by Crippen LogP contribution is -2.49. The molecule has 1 aliphatic carbocycles. The molecule has 0 aromatic carbocycles. The number of carboxylic acids is 1. The summed E-state index contributed by atoms with van der Waals surface area (Å²) in [5, 5.41) is 9.06. The largest absolute Gasteiger partial charge is 0.481 e. The van der Waals surface area contributed by atoms with Crippen molar-refractivity contribution in [1.29, 1.82) is 0 Å². The highest BCUT2D eigenvalue weighted by Crippen LogP contribution is 2.34. The molecule has 1 amide bonds. The van der Waals surface area contributed by atoms with E-state index in [9.17, 15) is 9.59 Å². The highest BCUT2D eigenvalue weighted by atomic mass is 16.4. The molecule has 1 saturated carbocycles. The zero-order valence-electron chi connectivity index (χ0n) is 9.69. The number of hydrogen-bond acceptors (Lipinski definition) is 2. The summed E-state index contributed by atoms with van der Waals surface area (Å²) in [7, 11) is 0. The van der Waals surface area contributed by atoms with Crippen molar-refractivity contribution >= 4 is 11.9 Å². The minimum atomic E-state index is -0.767. The van der Waals surface area contributed by atoms with Gasteiger partial charge in [-0.05, 0) is 38.5 Å². The third-order valence-electron chi connectivity index (χ3n) is 3.79. The lowest BCUT2D eigenvalue weighted by atomic mass is 9.90. The number of piperidine rings is 1. The lowest BCUT2D eigenvalue weighted by molar-refractivity contribution is -0.149. The van der Waals surface area contributed by atoms with Gasteiger partial charge in [-0.15, -0.1) is 0 Å². The first kappa shape index (κ1) is 11.4. The molecule has 0 aromatic heterocycles. The number of carbonyl (C=O) groups is 2. The number of nitrogens with zero attached hydrogens (tertiary/aromatic N) is 1. The summed E-state index contributed by atoms with van der Waals surface area (Å²) >= 11 is 0. The standard InChI is InChI=1S/C12H19NO3/c1-8-10(12(15)16)3-2-6-13(8)11(14)7-9-4-5-9/h8-10H,2-7H2,1H3,(H,15,16)/t8-,10-/m1/s1. The third-order valence-corrected chi connectivity index (χ3v) is 3.79. The van der Waals surface area contributed by atoms with Crippen molar-refractivity contribution < 1.29 is 14.7 Å². The van der Waals surface area contributed by atoms with E-state index in [1.807, 2.05) is 6.92 Å². The Labute approximate surface area is 95.6 Å². The molecule has 4 heteroatoms. The van der Waals surface area contributed by atoms with Crippen LogP contribution in [0.4, 0.5) is 0 Å². The van der Waals surface area contributed by atoms with Gasteiger partial charge in [0, 0.05) is 19.0 Å². The number of aliphatic carboxylic acids is 1. The molecule has 90 valence electrons. The van der Waals surface area contributed by atoms with Crippen molar-refractivity contribution in [1.82, 2.24) is 4.90 Å². The van der Waals surface area contributed by atoms with Crippen molar-refractivity contribution in [3.8, 4) is 0 Å². The maximum absolute atomic E-state index is 12.0. The van der Waals surface area contributed by atoms with Gasteiger partial charge in [0.25, 0.3) is 0 Å². The zero-order valence-corrected chi connectivity index (χ0v) is 9.69. The molecule has 2 rings (SSSR count). The van der Waals surface area contributed by atoms with E-state index >= 15 is 0 Å². The van der Waals surface area contributed by atoms with Crippen molar-refractivity contribution in [2.24, 2.45) is 11.8 Å². The average molecular weight is 225 g/mol. The molecule has 16 heavy (non-hydrogen) atoms. The first-order valence-corrected chi connectivity index (χ1v) is 6.12. The van der Waals surface area contributed by atoms with Crippen LogP contribution in [0.2, 0.25) is 0 Å². The van der Waals surface area contributed by atoms with Crippen LogP contribution in [0.5, 0.6) is 0 Å². The summed E-state index contributed by atoms with van der Waals surface area (Å²) in [6.45, 7) is 2.60. The molecule has 1 heterocycles. The molecular formula is C12H19NO3. The minimum Gasteiger partial charge on any atom is -0.481 e. The second-order valence-corrected chi connectivity index (χ2v) is 5.06. The smallest absolute Gasteiger partial charge is 0.308 e. The van der Waals surface area contributed by atoms with E-state index in [0.717, 1.165) is 25.8 Å². The van der Waals surface area contributed by atoms with Gasteiger partial charge in [-0.3, -0.25) is 9.59 Å². The topological polar surface area (TPSA) is 57.6 Å². The normalized spacial score (nSPS) is 30.2. The van der Waals surface area contributed by atoms with Gasteiger partial charge in [0.15, 0.2) is 0 Å². The van der Waals surface area contributed by atoms with Gasteiger partial charge >= 0.3 is 5.97 Å². The number of carboxylic acid groups (broad SMARTS) is 1. The maximum Gasteiger partial charge on any atom is 0.308 e. The van der Waals surface area contributed by atoms with Crippen LogP contribution in [0.15, 0.2) is 0 Å². The van der Waals surface area contributed by atoms with Crippen LogP contribution < -0.4 is 0 Å². The molecule has 2 aliphatic rings. The summed E-state index contributed by atoms with van der Waals surface area (Å²) in [6.07, 6.45) is 4.46. The van der Waals surface area contributed by atoms with Crippen LogP contribution in [-0.4, -0.2) is 34.5 Å². The van der Waals surface area contributed by atoms with Crippen LogP contribution >= 0.6 is 0 Å². The van der Waals surface area contributed by atoms with E-state index in [0.29, 0.717) is 18.8 Å². The number of amides is 1. The monoisotopic (exact) mass is 225 g/mol. The van der Waals surface area contributed by atoms with Crippen LogP contribution in [0.25, 0.3) is 0 Å². The maximum atomic E-state index is 12.0. The Bertz CT molecular complexity index is 299. The Morgan fingerprint density at radius 3 is 2.56 bits per heavy atom. The zero-order chi connectivity index (χ0) is 11.7. The molecular weight excluding hydrogens is 206 g/mol. The fraction of sp³-hybridized carbons (Fsp3) is 0.833. The van der Waals surface area contributed by atoms with E-state index in [-0.39, 0.29) is 17.9 Å². The third kappa shape index (κ3) is 2.36. The van der Waals surface area contributed by atoms with Crippen LogP contribution in [0, 0.1) is 11.8 Å². The molecule has 0 radical (unpaired) electrons. The van der Waals surface area contributed by atoms with Gasteiger partial charge in [0.1, 0.15) is 0 Å². The van der Waals surface area contributed by atoms with E-state index in [1.165, 1.54) is 0 Å². The van der Waals surface area contributed by atoms with Crippen molar-refractivity contribution in [3.05, 3.63) is 0 Å². The molecule has 0 bridgehead atoms. The molecule has 2 fully saturated rings. The van der Waals surface area contributed by atoms with Gasteiger partial charge in [-0.1, -0.05) is 0 Å². The SMILES string of the molecule is C[C@@H]1[C@H](C(=O)O)CCCN1C(=O)CC1CC1. The predicted molar refractivity (Wildman–Crippen MR) is 58.9 cm³/mol. The second-order valence-electron chi connectivity index (χ2n) is 5.06. The Morgan fingerprint density at radius 1 is 1.31 bits per heavy atom. The minimum absolute atomic E-state index is 0.141. The Balaban J connectivity index is 1.96. The predicted octanol–water partition coefficient (Wildman–Crippen LogP) is 1.50. The number of hydrogen-bond donors (Lipinski definition) is 1. The molecule has 4 nitrogen and oxygen atoms in total. The molecule has 0 spiro atoms. The van der Waals surface area contributed by atoms with Crippen molar-refractivity contribution in [2.75, 3.05) is 6.54 Å². The first-order valence-electron chi connectivity index (χ1n) is 6.12. The number of carbonyl (C=O) groups excluding carboxylic acids is 1. The van der Waals surface area contributed by atoms with Crippen LogP contribution in [0.1, 0.15) is 39.0 Å². The number of likely N-dealkylation sites (tertiary alicyclic amines) is 1. The summed E-state index contributed by atoms with van der Waals surface area (Å²) in [5.41, 5.74) is 0. The fourth-order valence-corrected chi connectivity index (χ4v) is 2.51. The highest BCUT2D eigenvalue weighted by molar-refractivity contribution is 5.79. The van der Waals surface area contributed by atoms with E-state index in [4.69, 9.17) is 5.11 Å².